The van der Waals surface area contributed by atoms with E-state index < -0.39 is 127 Å². The Hall–Kier alpha value is -7.66. The predicted octanol–water partition coefficient (Wildman–Crippen LogP) is 2.31. The van der Waals surface area contributed by atoms with E-state index in [-0.39, 0.29) is 76.6 Å². The fourth-order valence-corrected chi connectivity index (χ4v) is 6.47. The number of nitro benzene ring substituents is 1. The van der Waals surface area contributed by atoms with E-state index in [1.165, 1.54) is 19.1 Å². The van der Waals surface area contributed by atoms with Crippen LogP contribution in [0.5, 0.6) is 0 Å². The smallest absolute Gasteiger partial charge is 0.408 e. The molecule has 2 aromatic carbocycles. The maximum atomic E-state index is 14.4. The minimum Gasteiger partial charge on any atom is -0.466 e. The molecule has 71 heavy (non-hydrogen) atoms. The number of nitrogens with zero attached hydrogens (tertiary/aromatic N) is 1. The van der Waals surface area contributed by atoms with Crippen LogP contribution < -0.4 is 26.6 Å². The van der Waals surface area contributed by atoms with Gasteiger partial charge in [0, 0.05) is 44.2 Å². The highest BCUT2D eigenvalue weighted by Gasteiger charge is 2.34. The quantitative estimate of drug-likeness (QED) is 0.0304. The Labute approximate surface area is 410 Å². The number of nitrogens with one attached hydrogen (secondary N) is 5. The molecule has 0 heterocycles. The van der Waals surface area contributed by atoms with Crippen LogP contribution in [-0.4, -0.2) is 128 Å². The zero-order valence-electron chi connectivity index (χ0n) is 40.5. The molecule has 0 aliphatic rings. The molecule has 2 rings (SSSR count). The van der Waals surface area contributed by atoms with Gasteiger partial charge in [-0.05, 0) is 71.4 Å². The van der Waals surface area contributed by atoms with Gasteiger partial charge in [0.25, 0.3) is 5.69 Å². The van der Waals surface area contributed by atoms with Gasteiger partial charge in [0.1, 0.15) is 36.8 Å². The molecule has 0 aromatic heterocycles. The molecule has 24 nitrogen and oxygen atoms in total. The SMILES string of the molecule is CCOC(=O)CCC(NC(=O)OCc1ccccc1)C(=O)NC(CCC(=O)OCC)C(=O)NC(Cc1ccc([N+](=O)[O-])cc1)C(=O)NC(CCC(=O)OCC)C(=O)NC(CCC(=O)OCC)C(=O)OCC. The summed E-state index contributed by atoms with van der Waals surface area (Å²) in [7, 11) is 0. The van der Waals surface area contributed by atoms with E-state index in [1.54, 1.807) is 58.0 Å². The van der Waals surface area contributed by atoms with Gasteiger partial charge in [-0.1, -0.05) is 42.5 Å². The number of amides is 5. The second-order valence-corrected chi connectivity index (χ2v) is 15.3. The lowest BCUT2D eigenvalue weighted by atomic mass is 10.0. The fraction of sp³-hybridized carbons (Fsp3) is 0.532. The molecular formula is C47H64N6O18. The van der Waals surface area contributed by atoms with Crippen LogP contribution in [0.15, 0.2) is 54.6 Å². The van der Waals surface area contributed by atoms with E-state index in [1.807, 2.05) is 0 Å². The van der Waals surface area contributed by atoms with Gasteiger partial charge in [0.05, 0.1) is 38.0 Å². The second kappa shape index (κ2) is 33.0. The summed E-state index contributed by atoms with van der Waals surface area (Å²) < 4.78 is 30.3. The number of alkyl carbamates (subject to hydrolysis) is 1. The van der Waals surface area contributed by atoms with Crippen molar-refractivity contribution in [3.05, 3.63) is 75.8 Å². The van der Waals surface area contributed by atoms with Gasteiger partial charge in [-0.25, -0.2) is 9.59 Å². The van der Waals surface area contributed by atoms with Crippen LogP contribution >= 0.6 is 0 Å². The van der Waals surface area contributed by atoms with Gasteiger partial charge in [-0.3, -0.25) is 48.5 Å². The van der Waals surface area contributed by atoms with Crippen LogP contribution in [0.2, 0.25) is 0 Å². The lowest BCUT2D eigenvalue weighted by molar-refractivity contribution is -0.384. The number of hydrogen-bond donors (Lipinski definition) is 5. The van der Waals surface area contributed by atoms with Gasteiger partial charge < -0.3 is 55.0 Å². The Bertz CT molecular complexity index is 2100. The average molecular weight is 1000 g/mol. The Balaban J connectivity index is 2.58. The summed E-state index contributed by atoms with van der Waals surface area (Å²) in [5.41, 5.74) is 0.579. The topological polar surface area (TPSA) is 329 Å². The molecule has 0 aliphatic carbocycles. The maximum Gasteiger partial charge on any atom is 0.408 e. The molecule has 2 aromatic rings. The standard InChI is InChI=1S/C47H64N6O18/c1-6-66-38(54)24-20-33(42(58)50-36(46(62)70-10-5)23-27-41(57)69-9-4)49-45(61)37(28-30-16-18-32(19-17-30)53(64)65)51-43(59)34(21-25-39(55)67-7-2)48-44(60)35(22-26-40(56)68-8-3)52-47(63)71-29-31-14-12-11-13-15-31/h11-19,33-37H,6-10,20-29H2,1-5H3,(H,48,60)(H,49,61)(H,50,58)(H,51,59)(H,52,63). The van der Waals surface area contributed by atoms with Crippen LogP contribution in [0, 0.1) is 10.1 Å². The highest BCUT2D eigenvalue weighted by molar-refractivity contribution is 5.96. The third-order valence-electron chi connectivity index (χ3n) is 9.96. The van der Waals surface area contributed by atoms with Crippen LogP contribution in [0.3, 0.4) is 0 Å². The molecule has 0 bridgehead atoms. The molecular weight excluding hydrogens is 937 g/mol. The Morgan fingerprint density at radius 1 is 0.451 bits per heavy atom. The van der Waals surface area contributed by atoms with E-state index >= 15 is 0 Å². The van der Waals surface area contributed by atoms with Gasteiger partial charge in [0.2, 0.25) is 23.6 Å². The van der Waals surface area contributed by atoms with Gasteiger partial charge in [-0.15, -0.1) is 0 Å². The third-order valence-corrected chi connectivity index (χ3v) is 9.96. The summed E-state index contributed by atoms with van der Waals surface area (Å²) in [6.45, 7) is 7.51. The van der Waals surface area contributed by atoms with Crippen LogP contribution in [0.4, 0.5) is 10.5 Å². The van der Waals surface area contributed by atoms with Gasteiger partial charge in [0.15, 0.2) is 0 Å². The van der Waals surface area contributed by atoms with E-state index in [4.69, 9.17) is 28.4 Å². The molecule has 0 fully saturated rings. The lowest BCUT2D eigenvalue weighted by Crippen LogP contribution is -2.59. The van der Waals surface area contributed by atoms with E-state index in [2.05, 4.69) is 26.6 Å². The largest absolute Gasteiger partial charge is 0.466 e. The molecule has 5 N–H and O–H groups in total. The fourth-order valence-electron chi connectivity index (χ4n) is 6.47. The van der Waals surface area contributed by atoms with Crippen LogP contribution in [0.25, 0.3) is 0 Å². The van der Waals surface area contributed by atoms with Crippen molar-refractivity contribution in [3.63, 3.8) is 0 Å². The minimum absolute atomic E-state index is 0.0153. The number of benzene rings is 2. The van der Waals surface area contributed by atoms with E-state index in [0.717, 1.165) is 12.1 Å². The second-order valence-electron chi connectivity index (χ2n) is 15.3. The van der Waals surface area contributed by atoms with E-state index in [9.17, 15) is 58.1 Å². The molecule has 390 valence electrons. The maximum absolute atomic E-state index is 14.4. The molecule has 5 amide bonds. The molecule has 0 spiro atoms. The van der Waals surface area contributed by atoms with Crippen molar-refractivity contribution in [1.82, 2.24) is 26.6 Å². The van der Waals surface area contributed by atoms with Crippen molar-refractivity contribution >= 4 is 65.3 Å². The van der Waals surface area contributed by atoms with Gasteiger partial charge >= 0.3 is 35.9 Å². The highest BCUT2D eigenvalue weighted by Crippen LogP contribution is 2.15. The number of rotatable bonds is 32. The van der Waals surface area contributed by atoms with Crippen molar-refractivity contribution in [1.29, 1.82) is 0 Å². The molecule has 0 saturated carbocycles. The Kier molecular flexibility index (Phi) is 27.6. The van der Waals surface area contributed by atoms with Crippen LogP contribution in [-0.2, 0) is 84.6 Å². The summed E-state index contributed by atoms with van der Waals surface area (Å²) in [6.07, 6.45) is -4.45. The third kappa shape index (κ3) is 23.5. The number of hydrogen-bond acceptors (Lipinski definition) is 18. The molecule has 0 saturated heterocycles. The molecule has 0 radical (unpaired) electrons. The number of nitro groups is 1. The summed E-state index contributed by atoms with van der Waals surface area (Å²) in [5.74, 6) is -7.96. The predicted molar refractivity (Wildman–Crippen MR) is 248 cm³/mol. The average Bonchev–Trinajstić information content (AvgIpc) is 3.33. The van der Waals surface area contributed by atoms with Crippen molar-refractivity contribution in [2.75, 3.05) is 33.0 Å². The first-order valence-corrected chi connectivity index (χ1v) is 23.2. The lowest BCUT2D eigenvalue weighted by Gasteiger charge is -2.27. The summed E-state index contributed by atoms with van der Waals surface area (Å²) in [5, 5.41) is 23.7. The first-order chi connectivity index (χ1) is 33.9. The first-order valence-electron chi connectivity index (χ1n) is 23.2. The normalized spacial score (nSPS) is 12.7. The Morgan fingerprint density at radius 3 is 1.23 bits per heavy atom. The zero-order valence-corrected chi connectivity index (χ0v) is 40.5. The minimum atomic E-state index is -1.67. The van der Waals surface area contributed by atoms with Crippen molar-refractivity contribution in [2.24, 2.45) is 0 Å². The molecule has 5 unspecified atom stereocenters. The number of esters is 5. The highest BCUT2D eigenvalue weighted by atomic mass is 16.6. The van der Waals surface area contributed by atoms with E-state index in [0.29, 0.717) is 5.56 Å². The van der Waals surface area contributed by atoms with Gasteiger partial charge in [-0.2, -0.15) is 0 Å². The molecule has 5 atom stereocenters. The number of non-ortho nitro benzene ring substituents is 1. The summed E-state index contributed by atoms with van der Waals surface area (Å²) >= 11 is 0. The summed E-state index contributed by atoms with van der Waals surface area (Å²) in [4.78, 5) is 143. The van der Waals surface area contributed by atoms with Crippen molar-refractivity contribution in [3.8, 4) is 0 Å². The molecule has 0 aliphatic heterocycles. The zero-order chi connectivity index (χ0) is 52.7. The number of carbonyl (C=O) groups is 10. The monoisotopic (exact) mass is 1000 g/mol. The molecule has 24 heteroatoms. The number of carbonyl (C=O) groups excluding carboxylic acids is 10. The Morgan fingerprint density at radius 2 is 0.817 bits per heavy atom. The number of ether oxygens (including phenoxy) is 6. The summed E-state index contributed by atoms with van der Waals surface area (Å²) in [6, 6.07) is 5.59. The van der Waals surface area contributed by atoms with Crippen LogP contribution in [0.1, 0.15) is 97.1 Å². The van der Waals surface area contributed by atoms with Crippen molar-refractivity contribution in [2.45, 2.75) is 129 Å². The first kappa shape index (κ1) is 59.5. The van der Waals surface area contributed by atoms with Crippen molar-refractivity contribution < 1.29 is 81.3 Å².